The van der Waals surface area contributed by atoms with E-state index in [2.05, 4.69) is 15.2 Å². The zero-order valence-corrected chi connectivity index (χ0v) is 12.7. The fraction of sp³-hybridized carbons (Fsp3) is 0. The average Bonchev–Trinajstić information content (AvgIpc) is 3.23. The van der Waals surface area contributed by atoms with Gasteiger partial charge in [-0.15, -0.1) is 0 Å². The number of carbonyl (C=O) groups is 3. The molecule has 0 fully saturated rings. The Labute approximate surface area is 141 Å². The highest BCUT2D eigenvalue weighted by Gasteiger charge is 2.39. The molecular weight excluding hydrogens is 324 g/mol. The molecule has 1 aliphatic rings. The van der Waals surface area contributed by atoms with E-state index < -0.39 is 17.8 Å². The summed E-state index contributed by atoms with van der Waals surface area (Å²) >= 11 is 0. The van der Waals surface area contributed by atoms with Crippen molar-refractivity contribution in [3.63, 3.8) is 0 Å². The molecule has 0 aliphatic carbocycles. The smallest absolute Gasteiger partial charge is 0.323 e. The monoisotopic (exact) mass is 334 g/mol. The van der Waals surface area contributed by atoms with E-state index in [1.54, 1.807) is 36.7 Å². The fourth-order valence-corrected chi connectivity index (χ4v) is 2.48. The van der Waals surface area contributed by atoms with Crippen molar-refractivity contribution in [2.75, 3.05) is 0 Å². The first kappa shape index (κ1) is 14.8. The van der Waals surface area contributed by atoms with Gasteiger partial charge in [0.05, 0.1) is 16.8 Å². The Morgan fingerprint density at radius 1 is 1.00 bits per heavy atom. The van der Waals surface area contributed by atoms with Crippen LogP contribution in [0, 0.1) is 0 Å². The van der Waals surface area contributed by atoms with Crippen LogP contribution in [0.2, 0.25) is 0 Å². The van der Waals surface area contributed by atoms with Gasteiger partial charge < -0.3 is 4.84 Å². The van der Waals surface area contributed by atoms with Crippen LogP contribution in [-0.2, 0) is 4.84 Å². The topological polar surface area (TPSA) is 105 Å². The van der Waals surface area contributed by atoms with Crippen molar-refractivity contribution in [2.45, 2.75) is 0 Å². The molecule has 2 aromatic heterocycles. The molecular formula is C17H10N4O4. The lowest BCUT2D eigenvalue weighted by Crippen LogP contribution is -2.32. The molecule has 3 aromatic rings. The SMILES string of the molecule is O=C(ON1C(=O)c2ccccc2C1=O)c1cc(-c2ccncc2)n[nH]1. The van der Waals surface area contributed by atoms with Crippen molar-refractivity contribution < 1.29 is 19.2 Å². The number of benzene rings is 1. The second kappa shape index (κ2) is 5.68. The summed E-state index contributed by atoms with van der Waals surface area (Å²) in [7, 11) is 0. The number of H-pyrrole nitrogens is 1. The van der Waals surface area contributed by atoms with Crippen LogP contribution in [0.5, 0.6) is 0 Å². The Hall–Kier alpha value is -3.81. The number of hydrogen-bond acceptors (Lipinski definition) is 6. The van der Waals surface area contributed by atoms with Crippen molar-refractivity contribution >= 4 is 17.8 Å². The number of amides is 2. The summed E-state index contributed by atoms with van der Waals surface area (Å²) in [4.78, 5) is 45.5. The van der Waals surface area contributed by atoms with E-state index >= 15 is 0 Å². The van der Waals surface area contributed by atoms with Crippen LogP contribution in [0.3, 0.4) is 0 Å². The summed E-state index contributed by atoms with van der Waals surface area (Å²) in [5.74, 6) is -2.24. The van der Waals surface area contributed by atoms with Gasteiger partial charge in [0.2, 0.25) is 0 Å². The molecule has 0 saturated heterocycles. The first-order chi connectivity index (χ1) is 12.1. The number of imide groups is 1. The van der Waals surface area contributed by atoms with Gasteiger partial charge in [0.1, 0.15) is 5.69 Å². The average molecular weight is 334 g/mol. The van der Waals surface area contributed by atoms with E-state index in [0.717, 1.165) is 5.56 Å². The molecule has 1 aliphatic heterocycles. The lowest BCUT2D eigenvalue weighted by Gasteiger charge is -2.11. The number of aromatic nitrogens is 3. The molecule has 2 amide bonds. The van der Waals surface area contributed by atoms with Crippen LogP contribution in [0.1, 0.15) is 31.2 Å². The largest absolute Gasteiger partial charge is 0.381 e. The minimum atomic E-state index is -0.887. The third-order valence-corrected chi connectivity index (χ3v) is 3.70. The van der Waals surface area contributed by atoms with Gasteiger partial charge in [-0.3, -0.25) is 19.7 Å². The standard InChI is InChI=1S/C17H10N4O4/c22-15-11-3-1-2-4-12(11)16(23)21(15)25-17(24)14-9-13(19-20-14)10-5-7-18-8-6-10/h1-9H,(H,19,20). The maximum atomic E-state index is 12.2. The molecule has 122 valence electrons. The molecule has 25 heavy (non-hydrogen) atoms. The van der Waals surface area contributed by atoms with Gasteiger partial charge in [-0.05, 0) is 30.3 Å². The molecule has 1 N–H and O–H groups in total. The number of aromatic amines is 1. The van der Waals surface area contributed by atoms with Crippen LogP contribution in [0.15, 0.2) is 54.9 Å². The number of pyridine rings is 1. The van der Waals surface area contributed by atoms with E-state index in [-0.39, 0.29) is 16.8 Å². The molecule has 3 heterocycles. The number of nitrogens with one attached hydrogen (secondary N) is 1. The number of hydrogen-bond donors (Lipinski definition) is 1. The van der Waals surface area contributed by atoms with Crippen molar-refractivity contribution in [3.8, 4) is 11.3 Å². The zero-order valence-electron chi connectivity index (χ0n) is 12.7. The quantitative estimate of drug-likeness (QED) is 0.733. The molecule has 8 nitrogen and oxygen atoms in total. The van der Waals surface area contributed by atoms with Crippen molar-refractivity contribution in [3.05, 3.63) is 71.7 Å². The Balaban J connectivity index is 1.55. The lowest BCUT2D eigenvalue weighted by atomic mass is 10.1. The number of rotatable bonds is 3. The van der Waals surface area contributed by atoms with E-state index in [1.165, 1.54) is 18.2 Å². The van der Waals surface area contributed by atoms with E-state index in [4.69, 9.17) is 4.84 Å². The fourth-order valence-electron chi connectivity index (χ4n) is 2.48. The minimum Gasteiger partial charge on any atom is -0.323 e. The minimum absolute atomic E-state index is 0.0170. The number of nitrogens with zero attached hydrogens (tertiary/aromatic N) is 3. The van der Waals surface area contributed by atoms with Crippen molar-refractivity contribution in [1.82, 2.24) is 20.2 Å². The summed E-state index contributed by atoms with van der Waals surface area (Å²) in [5, 5.41) is 7.01. The summed E-state index contributed by atoms with van der Waals surface area (Å²) in [6.07, 6.45) is 3.20. The summed E-state index contributed by atoms with van der Waals surface area (Å²) in [6.45, 7) is 0. The predicted molar refractivity (Wildman–Crippen MR) is 84.2 cm³/mol. The van der Waals surface area contributed by atoms with Gasteiger partial charge in [0.15, 0.2) is 0 Å². The highest BCUT2D eigenvalue weighted by atomic mass is 16.7. The van der Waals surface area contributed by atoms with Gasteiger partial charge in [-0.2, -0.15) is 5.10 Å². The maximum absolute atomic E-state index is 12.2. The summed E-state index contributed by atoms with van der Waals surface area (Å²) < 4.78 is 0. The van der Waals surface area contributed by atoms with Crippen LogP contribution >= 0.6 is 0 Å². The van der Waals surface area contributed by atoms with Gasteiger partial charge in [-0.1, -0.05) is 17.2 Å². The molecule has 1 aromatic carbocycles. The molecule has 0 unspecified atom stereocenters. The molecule has 0 radical (unpaired) electrons. The zero-order chi connectivity index (χ0) is 17.4. The second-order valence-corrected chi connectivity index (χ2v) is 5.23. The lowest BCUT2D eigenvalue weighted by molar-refractivity contribution is -0.0588. The highest BCUT2D eigenvalue weighted by Crippen LogP contribution is 2.23. The molecule has 0 atom stereocenters. The molecule has 0 saturated carbocycles. The molecule has 8 heteroatoms. The third kappa shape index (κ3) is 2.45. The second-order valence-electron chi connectivity index (χ2n) is 5.23. The van der Waals surface area contributed by atoms with Gasteiger partial charge in [-0.25, -0.2) is 4.79 Å². The maximum Gasteiger partial charge on any atom is 0.381 e. The van der Waals surface area contributed by atoms with Gasteiger partial charge >= 0.3 is 5.97 Å². The third-order valence-electron chi connectivity index (χ3n) is 3.70. The van der Waals surface area contributed by atoms with Crippen LogP contribution in [0.25, 0.3) is 11.3 Å². The van der Waals surface area contributed by atoms with Crippen molar-refractivity contribution in [2.24, 2.45) is 0 Å². The van der Waals surface area contributed by atoms with Crippen LogP contribution < -0.4 is 0 Å². The molecule has 4 rings (SSSR count). The van der Waals surface area contributed by atoms with E-state index in [0.29, 0.717) is 10.8 Å². The van der Waals surface area contributed by atoms with Crippen LogP contribution in [-0.4, -0.2) is 38.0 Å². The van der Waals surface area contributed by atoms with E-state index in [9.17, 15) is 14.4 Å². The van der Waals surface area contributed by atoms with Gasteiger partial charge in [0.25, 0.3) is 11.8 Å². The summed E-state index contributed by atoms with van der Waals surface area (Å²) in [5.41, 5.74) is 1.68. The van der Waals surface area contributed by atoms with Gasteiger partial charge in [0, 0.05) is 18.0 Å². The Bertz CT molecular complexity index is 962. The Kier molecular flexibility index (Phi) is 3.35. The summed E-state index contributed by atoms with van der Waals surface area (Å²) in [6, 6.07) is 11.2. The number of hydroxylamine groups is 2. The Morgan fingerprint density at radius 3 is 2.28 bits per heavy atom. The predicted octanol–water partition coefficient (Wildman–Crippen LogP) is 1.84. The number of carbonyl (C=O) groups excluding carboxylic acids is 3. The molecule has 0 spiro atoms. The van der Waals surface area contributed by atoms with E-state index in [1.807, 2.05) is 0 Å². The normalized spacial score (nSPS) is 13.0. The Morgan fingerprint density at radius 2 is 1.64 bits per heavy atom. The van der Waals surface area contributed by atoms with Crippen molar-refractivity contribution in [1.29, 1.82) is 0 Å². The first-order valence-corrected chi connectivity index (χ1v) is 7.31. The highest BCUT2D eigenvalue weighted by molar-refractivity contribution is 6.21. The number of fused-ring (bicyclic) bond motifs is 1. The first-order valence-electron chi connectivity index (χ1n) is 7.31. The van der Waals surface area contributed by atoms with Crippen LogP contribution in [0.4, 0.5) is 0 Å². The molecule has 0 bridgehead atoms.